The molecule has 0 amide bonds. The first kappa shape index (κ1) is 18.0. The molecule has 1 atom stereocenters. The van der Waals surface area contributed by atoms with Gasteiger partial charge in [0.1, 0.15) is 6.04 Å². The molecule has 25 heavy (non-hydrogen) atoms. The SMILES string of the molecule is O=C(OCCc1ccccc1)[C@@H]1CCCN1SCCc1ccccc1. The average molecular weight is 356 g/mol. The Bertz CT molecular complexity index is 647. The minimum Gasteiger partial charge on any atom is -0.464 e. The van der Waals surface area contributed by atoms with Crippen molar-refractivity contribution in [2.45, 2.75) is 31.7 Å². The number of hydrogen-bond donors (Lipinski definition) is 0. The Hall–Kier alpha value is -1.78. The normalized spacial score (nSPS) is 17.5. The van der Waals surface area contributed by atoms with Crippen molar-refractivity contribution in [1.82, 2.24) is 4.31 Å². The summed E-state index contributed by atoms with van der Waals surface area (Å²) >= 11 is 1.78. The molecule has 2 aromatic carbocycles. The molecule has 3 nitrogen and oxygen atoms in total. The Balaban J connectivity index is 1.40. The van der Waals surface area contributed by atoms with Crippen molar-refractivity contribution >= 4 is 17.9 Å². The van der Waals surface area contributed by atoms with Crippen LogP contribution in [0.25, 0.3) is 0 Å². The Morgan fingerprint density at radius 3 is 2.32 bits per heavy atom. The third-order valence-electron chi connectivity index (χ3n) is 4.44. The molecule has 0 unspecified atom stereocenters. The molecular weight excluding hydrogens is 330 g/mol. The Labute approximate surface area is 154 Å². The van der Waals surface area contributed by atoms with E-state index < -0.39 is 0 Å². The zero-order valence-corrected chi connectivity index (χ0v) is 15.3. The lowest BCUT2D eigenvalue weighted by atomic mass is 10.2. The van der Waals surface area contributed by atoms with Crippen LogP contribution >= 0.6 is 11.9 Å². The first-order valence-corrected chi connectivity index (χ1v) is 9.91. The van der Waals surface area contributed by atoms with Crippen LogP contribution in [-0.2, 0) is 22.4 Å². The van der Waals surface area contributed by atoms with Gasteiger partial charge < -0.3 is 4.74 Å². The lowest BCUT2D eigenvalue weighted by molar-refractivity contribution is -0.147. The topological polar surface area (TPSA) is 29.5 Å². The van der Waals surface area contributed by atoms with Crippen LogP contribution in [0.4, 0.5) is 0 Å². The van der Waals surface area contributed by atoms with Crippen molar-refractivity contribution in [3.05, 3.63) is 71.8 Å². The monoisotopic (exact) mass is 355 g/mol. The molecule has 1 aliphatic rings. The van der Waals surface area contributed by atoms with E-state index in [9.17, 15) is 4.79 Å². The summed E-state index contributed by atoms with van der Waals surface area (Å²) in [5.41, 5.74) is 2.55. The fraction of sp³-hybridized carbons (Fsp3) is 0.381. The molecule has 1 fully saturated rings. The van der Waals surface area contributed by atoms with Gasteiger partial charge >= 0.3 is 5.97 Å². The second kappa shape index (κ2) is 9.64. The second-order valence-corrected chi connectivity index (χ2v) is 7.41. The lowest BCUT2D eigenvalue weighted by Gasteiger charge is -2.21. The van der Waals surface area contributed by atoms with Crippen molar-refractivity contribution in [3.8, 4) is 0 Å². The average Bonchev–Trinajstić information content (AvgIpc) is 3.12. The van der Waals surface area contributed by atoms with Gasteiger partial charge in [-0.3, -0.25) is 4.79 Å². The summed E-state index contributed by atoms with van der Waals surface area (Å²) in [4.78, 5) is 12.4. The summed E-state index contributed by atoms with van der Waals surface area (Å²) in [7, 11) is 0. The number of carbonyl (C=O) groups excluding carboxylic acids is 1. The predicted octanol–water partition coefficient (Wildman–Crippen LogP) is 4.13. The molecule has 0 radical (unpaired) electrons. The molecule has 0 bridgehead atoms. The van der Waals surface area contributed by atoms with E-state index in [2.05, 4.69) is 40.7 Å². The van der Waals surface area contributed by atoms with E-state index in [0.717, 1.165) is 38.0 Å². The van der Waals surface area contributed by atoms with Crippen molar-refractivity contribution in [2.24, 2.45) is 0 Å². The molecule has 0 aromatic heterocycles. The summed E-state index contributed by atoms with van der Waals surface area (Å²) in [6, 6.07) is 20.6. The van der Waals surface area contributed by atoms with Crippen LogP contribution in [0.5, 0.6) is 0 Å². The van der Waals surface area contributed by atoms with E-state index in [-0.39, 0.29) is 12.0 Å². The van der Waals surface area contributed by atoms with Crippen LogP contribution in [0.2, 0.25) is 0 Å². The number of carbonyl (C=O) groups is 1. The standard InChI is InChI=1S/C21H25NO2S/c23-21(24-16-13-18-8-3-1-4-9-18)20-12-7-15-22(20)25-17-14-19-10-5-2-6-11-19/h1-6,8-11,20H,7,12-17H2/t20-/m0/s1. The molecular formula is C21H25NO2S. The molecule has 0 spiro atoms. The maximum Gasteiger partial charge on any atom is 0.324 e. The minimum atomic E-state index is -0.0865. The largest absolute Gasteiger partial charge is 0.464 e. The van der Waals surface area contributed by atoms with Crippen molar-refractivity contribution in [3.63, 3.8) is 0 Å². The van der Waals surface area contributed by atoms with Crippen LogP contribution in [-0.4, -0.2) is 35.2 Å². The molecule has 0 N–H and O–H groups in total. The fourth-order valence-electron chi connectivity index (χ4n) is 3.07. The highest BCUT2D eigenvalue weighted by Gasteiger charge is 2.32. The molecule has 2 aromatic rings. The summed E-state index contributed by atoms with van der Waals surface area (Å²) in [6.07, 6.45) is 3.78. The highest BCUT2D eigenvalue weighted by atomic mass is 32.2. The van der Waals surface area contributed by atoms with Gasteiger partial charge in [0.05, 0.1) is 6.61 Å². The molecule has 0 aliphatic carbocycles. The molecule has 4 heteroatoms. The van der Waals surface area contributed by atoms with E-state index in [1.165, 1.54) is 11.1 Å². The van der Waals surface area contributed by atoms with Gasteiger partial charge in [-0.15, -0.1) is 0 Å². The zero-order chi connectivity index (χ0) is 17.3. The summed E-state index contributed by atoms with van der Waals surface area (Å²) in [5.74, 6) is 0.929. The van der Waals surface area contributed by atoms with Gasteiger partial charge in [0.25, 0.3) is 0 Å². The molecule has 3 rings (SSSR count). The highest BCUT2D eigenvalue weighted by Crippen LogP contribution is 2.26. The van der Waals surface area contributed by atoms with E-state index in [1.807, 2.05) is 24.3 Å². The van der Waals surface area contributed by atoms with Crippen LogP contribution in [0.15, 0.2) is 60.7 Å². The molecule has 1 saturated heterocycles. The smallest absolute Gasteiger partial charge is 0.324 e. The number of rotatable bonds is 8. The Morgan fingerprint density at radius 1 is 1.00 bits per heavy atom. The van der Waals surface area contributed by atoms with Crippen molar-refractivity contribution in [1.29, 1.82) is 0 Å². The quantitative estimate of drug-likeness (QED) is 0.526. The second-order valence-electron chi connectivity index (χ2n) is 6.27. The first-order valence-electron chi connectivity index (χ1n) is 8.97. The molecule has 1 heterocycles. The van der Waals surface area contributed by atoms with E-state index in [1.54, 1.807) is 11.9 Å². The van der Waals surface area contributed by atoms with Gasteiger partial charge in [-0.2, -0.15) is 0 Å². The molecule has 132 valence electrons. The number of nitrogens with zero attached hydrogens (tertiary/aromatic N) is 1. The maximum absolute atomic E-state index is 12.4. The number of ether oxygens (including phenoxy) is 1. The number of hydrogen-bond acceptors (Lipinski definition) is 4. The fourth-order valence-corrected chi connectivity index (χ4v) is 4.26. The van der Waals surface area contributed by atoms with Crippen molar-refractivity contribution in [2.75, 3.05) is 18.9 Å². The van der Waals surface area contributed by atoms with Crippen LogP contribution in [0.1, 0.15) is 24.0 Å². The molecule has 0 saturated carbocycles. The Kier molecular flexibility index (Phi) is 6.95. The number of esters is 1. The van der Waals surface area contributed by atoms with Crippen LogP contribution in [0.3, 0.4) is 0 Å². The minimum absolute atomic E-state index is 0.0688. The summed E-state index contributed by atoms with van der Waals surface area (Å²) < 4.78 is 7.75. The van der Waals surface area contributed by atoms with Crippen LogP contribution in [0, 0.1) is 0 Å². The van der Waals surface area contributed by atoms with Crippen LogP contribution < -0.4 is 0 Å². The van der Waals surface area contributed by atoms with Gasteiger partial charge in [0.15, 0.2) is 0 Å². The van der Waals surface area contributed by atoms with Crippen molar-refractivity contribution < 1.29 is 9.53 Å². The van der Waals surface area contributed by atoms with Gasteiger partial charge in [0, 0.05) is 18.7 Å². The van der Waals surface area contributed by atoms with Gasteiger partial charge in [-0.05, 0) is 30.4 Å². The zero-order valence-electron chi connectivity index (χ0n) is 14.5. The van der Waals surface area contributed by atoms with Gasteiger partial charge in [0.2, 0.25) is 0 Å². The highest BCUT2D eigenvalue weighted by molar-refractivity contribution is 7.97. The van der Waals surface area contributed by atoms with E-state index >= 15 is 0 Å². The number of aryl methyl sites for hydroxylation is 1. The van der Waals surface area contributed by atoms with E-state index in [4.69, 9.17) is 4.74 Å². The van der Waals surface area contributed by atoms with Gasteiger partial charge in [-0.1, -0.05) is 72.6 Å². The predicted molar refractivity (Wildman–Crippen MR) is 103 cm³/mol. The van der Waals surface area contributed by atoms with E-state index in [0.29, 0.717) is 6.61 Å². The molecule has 1 aliphatic heterocycles. The third kappa shape index (κ3) is 5.62. The summed E-state index contributed by atoms with van der Waals surface area (Å²) in [5, 5.41) is 0. The first-order chi connectivity index (χ1) is 12.3. The summed E-state index contributed by atoms with van der Waals surface area (Å²) in [6.45, 7) is 1.43. The third-order valence-corrected chi connectivity index (χ3v) is 5.60. The Morgan fingerprint density at radius 2 is 1.64 bits per heavy atom. The van der Waals surface area contributed by atoms with Gasteiger partial charge in [-0.25, -0.2) is 4.31 Å². The number of benzene rings is 2. The maximum atomic E-state index is 12.4. The lowest BCUT2D eigenvalue weighted by Crippen LogP contribution is -2.33.